The summed E-state index contributed by atoms with van der Waals surface area (Å²) in [5.41, 5.74) is 0.529. The van der Waals surface area contributed by atoms with E-state index in [0.717, 1.165) is 5.69 Å². The molecule has 0 radical (unpaired) electrons. The fraction of sp³-hybridized carbons (Fsp3) is 0.167. The Hall–Kier alpha value is -2.04. The molecule has 0 fully saturated rings. The standard InChI is InChI=1S/C12H11F2N3/c1-8-15-10(12(13)14)7-11(16-8)17-9-5-3-2-4-6-9/h2-7,12H,1H3,(H,15,16,17). The predicted molar refractivity (Wildman–Crippen MR) is 61.5 cm³/mol. The molecule has 0 aliphatic carbocycles. The minimum absolute atomic E-state index is 0.268. The third-order valence-corrected chi connectivity index (χ3v) is 2.13. The highest BCUT2D eigenvalue weighted by Gasteiger charge is 2.11. The van der Waals surface area contributed by atoms with Gasteiger partial charge in [-0.1, -0.05) is 18.2 Å². The van der Waals surface area contributed by atoms with E-state index in [1.165, 1.54) is 6.07 Å². The van der Waals surface area contributed by atoms with Crippen LogP contribution in [0.4, 0.5) is 20.3 Å². The van der Waals surface area contributed by atoms with Crippen molar-refractivity contribution in [2.45, 2.75) is 13.3 Å². The number of anilines is 2. The molecule has 17 heavy (non-hydrogen) atoms. The number of benzene rings is 1. The zero-order valence-corrected chi connectivity index (χ0v) is 9.19. The van der Waals surface area contributed by atoms with Crippen LogP contribution in [0.3, 0.4) is 0 Å². The largest absolute Gasteiger partial charge is 0.340 e. The second kappa shape index (κ2) is 4.86. The Morgan fingerprint density at radius 2 is 1.82 bits per heavy atom. The second-order valence-electron chi connectivity index (χ2n) is 3.52. The van der Waals surface area contributed by atoms with Crippen LogP contribution in [0, 0.1) is 6.92 Å². The zero-order valence-electron chi connectivity index (χ0n) is 9.19. The van der Waals surface area contributed by atoms with E-state index in [9.17, 15) is 8.78 Å². The topological polar surface area (TPSA) is 37.8 Å². The Morgan fingerprint density at radius 1 is 1.12 bits per heavy atom. The fourth-order valence-electron chi connectivity index (χ4n) is 1.44. The molecule has 3 nitrogen and oxygen atoms in total. The summed E-state index contributed by atoms with van der Waals surface area (Å²) in [6, 6.07) is 10.5. The number of aromatic nitrogens is 2. The number of hydrogen-bond acceptors (Lipinski definition) is 3. The second-order valence-corrected chi connectivity index (χ2v) is 3.52. The van der Waals surface area contributed by atoms with Crippen LogP contribution in [0.25, 0.3) is 0 Å². The molecule has 0 amide bonds. The van der Waals surface area contributed by atoms with Gasteiger partial charge >= 0.3 is 0 Å². The number of aryl methyl sites for hydroxylation is 1. The summed E-state index contributed by atoms with van der Waals surface area (Å²) in [4.78, 5) is 7.73. The maximum absolute atomic E-state index is 12.5. The van der Waals surface area contributed by atoms with Crippen molar-refractivity contribution in [1.29, 1.82) is 0 Å². The molecule has 0 saturated heterocycles. The average molecular weight is 235 g/mol. The lowest BCUT2D eigenvalue weighted by molar-refractivity contribution is 0.145. The smallest absolute Gasteiger partial charge is 0.280 e. The lowest BCUT2D eigenvalue weighted by atomic mass is 10.3. The molecule has 0 spiro atoms. The number of hydrogen-bond donors (Lipinski definition) is 1. The summed E-state index contributed by atoms with van der Waals surface area (Å²) >= 11 is 0. The van der Waals surface area contributed by atoms with Crippen LogP contribution in [-0.4, -0.2) is 9.97 Å². The van der Waals surface area contributed by atoms with Crippen molar-refractivity contribution < 1.29 is 8.78 Å². The number of para-hydroxylation sites is 1. The SMILES string of the molecule is Cc1nc(Nc2ccccc2)cc(C(F)F)n1. The quantitative estimate of drug-likeness (QED) is 0.885. The predicted octanol–water partition coefficient (Wildman–Crippen LogP) is 3.47. The molecule has 0 bridgehead atoms. The molecule has 5 heteroatoms. The molecule has 88 valence electrons. The molecule has 0 unspecified atom stereocenters. The number of rotatable bonds is 3. The summed E-state index contributed by atoms with van der Waals surface area (Å²) in [5, 5.41) is 2.96. The van der Waals surface area contributed by atoms with Gasteiger partial charge in [-0.05, 0) is 19.1 Å². The number of nitrogens with one attached hydrogen (secondary N) is 1. The molecule has 0 aliphatic heterocycles. The van der Waals surface area contributed by atoms with Crippen molar-refractivity contribution in [3.63, 3.8) is 0 Å². The molecular formula is C12H11F2N3. The van der Waals surface area contributed by atoms with Crippen molar-refractivity contribution in [1.82, 2.24) is 9.97 Å². The molecule has 1 aromatic carbocycles. The normalized spacial score (nSPS) is 10.6. The van der Waals surface area contributed by atoms with E-state index >= 15 is 0 Å². The Kier molecular flexibility index (Phi) is 3.27. The molecule has 1 N–H and O–H groups in total. The summed E-state index contributed by atoms with van der Waals surface area (Å²) in [5.74, 6) is 0.695. The maximum Gasteiger partial charge on any atom is 0.280 e. The molecule has 1 heterocycles. The lowest BCUT2D eigenvalue weighted by Gasteiger charge is -2.07. The summed E-state index contributed by atoms with van der Waals surface area (Å²) < 4.78 is 25.1. The lowest BCUT2D eigenvalue weighted by Crippen LogP contribution is -2.01. The van der Waals surface area contributed by atoms with Crippen molar-refractivity contribution in [3.05, 3.63) is 47.9 Å². The molecule has 2 aromatic rings. The van der Waals surface area contributed by atoms with Gasteiger partial charge in [-0.25, -0.2) is 18.7 Å². The number of alkyl halides is 2. The first kappa shape index (κ1) is 11.4. The van der Waals surface area contributed by atoms with Crippen LogP contribution in [0.5, 0.6) is 0 Å². The van der Waals surface area contributed by atoms with Gasteiger partial charge in [-0.15, -0.1) is 0 Å². The maximum atomic E-state index is 12.5. The van der Waals surface area contributed by atoms with E-state index in [4.69, 9.17) is 0 Å². The van der Waals surface area contributed by atoms with Gasteiger partial charge in [-0.2, -0.15) is 0 Å². The van der Waals surface area contributed by atoms with Crippen LogP contribution in [0.15, 0.2) is 36.4 Å². The molecular weight excluding hydrogens is 224 g/mol. The highest BCUT2D eigenvalue weighted by atomic mass is 19.3. The van der Waals surface area contributed by atoms with Crippen LogP contribution >= 0.6 is 0 Å². The van der Waals surface area contributed by atoms with Gasteiger partial charge in [0.1, 0.15) is 17.3 Å². The minimum atomic E-state index is -2.59. The summed E-state index contributed by atoms with van der Waals surface area (Å²) in [6.07, 6.45) is -2.59. The van der Waals surface area contributed by atoms with Gasteiger partial charge in [0.2, 0.25) is 0 Å². The molecule has 1 aromatic heterocycles. The van der Waals surface area contributed by atoms with Crippen molar-refractivity contribution >= 4 is 11.5 Å². The van der Waals surface area contributed by atoms with Crippen LogP contribution in [0.1, 0.15) is 17.9 Å². The molecule has 0 saturated carbocycles. The molecule has 2 rings (SSSR count). The Morgan fingerprint density at radius 3 is 2.47 bits per heavy atom. The molecule has 0 aliphatic rings. The van der Waals surface area contributed by atoms with Gasteiger partial charge in [0.05, 0.1) is 0 Å². The summed E-state index contributed by atoms with van der Waals surface area (Å²) in [7, 11) is 0. The first-order valence-electron chi connectivity index (χ1n) is 5.11. The Bertz CT molecular complexity index is 500. The van der Waals surface area contributed by atoms with Crippen molar-refractivity contribution in [2.24, 2.45) is 0 Å². The number of halogens is 2. The fourth-order valence-corrected chi connectivity index (χ4v) is 1.44. The Labute approximate surface area is 97.5 Å². The van der Waals surface area contributed by atoms with E-state index in [1.807, 2.05) is 30.3 Å². The van der Waals surface area contributed by atoms with Crippen LogP contribution < -0.4 is 5.32 Å². The molecule has 0 atom stereocenters. The minimum Gasteiger partial charge on any atom is -0.340 e. The van der Waals surface area contributed by atoms with Gasteiger partial charge in [-0.3, -0.25) is 0 Å². The van der Waals surface area contributed by atoms with Gasteiger partial charge in [0.15, 0.2) is 0 Å². The zero-order chi connectivity index (χ0) is 12.3. The van der Waals surface area contributed by atoms with E-state index in [2.05, 4.69) is 15.3 Å². The average Bonchev–Trinajstić information content (AvgIpc) is 2.29. The van der Waals surface area contributed by atoms with Crippen LogP contribution in [-0.2, 0) is 0 Å². The van der Waals surface area contributed by atoms with Gasteiger partial charge in [0, 0.05) is 11.8 Å². The van der Waals surface area contributed by atoms with E-state index in [0.29, 0.717) is 11.6 Å². The first-order chi connectivity index (χ1) is 8.15. The first-order valence-corrected chi connectivity index (χ1v) is 5.11. The van der Waals surface area contributed by atoms with E-state index in [-0.39, 0.29) is 5.69 Å². The van der Waals surface area contributed by atoms with E-state index < -0.39 is 6.43 Å². The van der Waals surface area contributed by atoms with Crippen LogP contribution in [0.2, 0.25) is 0 Å². The third-order valence-electron chi connectivity index (χ3n) is 2.13. The highest BCUT2D eigenvalue weighted by molar-refractivity contribution is 5.55. The monoisotopic (exact) mass is 235 g/mol. The van der Waals surface area contributed by atoms with E-state index in [1.54, 1.807) is 6.92 Å². The van der Waals surface area contributed by atoms with Gasteiger partial charge in [0.25, 0.3) is 6.43 Å². The van der Waals surface area contributed by atoms with Crippen molar-refractivity contribution in [3.8, 4) is 0 Å². The number of nitrogens with zero attached hydrogens (tertiary/aromatic N) is 2. The summed E-state index contributed by atoms with van der Waals surface area (Å²) in [6.45, 7) is 1.59. The third kappa shape index (κ3) is 2.96. The Balaban J connectivity index is 2.27. The highest BCUT2D eigenvalue weighted by Crippen LogP contribution is 2.21. The van der Waals surface area contributed by atoms with Crippen molar-refractivity contribution in [2.75, 3.05) is 5.32 Å². The van der Waals surface area contributed by atoms with Gasteiger partial charge < -0.3 is 5.32 Å².